The van der Waals surface area contributed by atoms with Gasteiger partial charge in [-0.15, -0.1) is 0 Å². The third kappa shape index (κ3) is 3.09. The van der Waals surface area contributed by atoms with Crippen molar-refractivity contribution < 1.29 is 9.53 Å². The van der Waals surface area contributed by atoms with Crippen molar-refractivity contribution in [3.05, 3.63) is 41.6 Å². The molecule has 5 heteroatoms. The van der Waals surface area contributed by atoms with Gasteiger partial charge in [0.25, 0.3) is 0 Å². The van der Waals surface area contributed by atoms with E-state index in [1.54, 1.807) is 19.1 Å². The number of H-pyrrole nitrogens is 1. The van der Waals surface area contributed by atoms with Gasteiger partial charge in [0.15, 0.2) is 5.82 Å². The summed E-state index contributed by atoms with van der Waals surface area (Å²) in [6.07, 6.45) is 0.900. The van der Waals surface area contributed by atoms with Crippen LogP contribution in [0.5, 0.6) is 5.75 Å². The second-order valence-electron chi connectivity index (χ2n) is 6.46. The van der Waals surface area contributed by atoms with Gasteiger partial charge in [0.05, 0.1) is 7.11 Å². The summed E-state index contributed by atoms with van der Waals surface area (Å²) < 4.78 is 5.17. The number of nitrogens with zero attached hydrogens (tertiary/aromatic N) is 2. The minimum absolute atomic E-state index is 0.0487. The second kappa shape index (κ2) is 6.07. The second-order valence-corrected chi connectivity index (χ2v) is 6.46. The molecule has 0 bridgehead atoms. The van der Waals surface area contributed by atoms with Crippen LogP contribution in [0.15, 0.2) is 30.3 Å². The van der Waals surface area contributed by atoms with E-state index in [2.05, 4.69) is 24.0 Å². The molecule has 1 fully saturated rings. The molecule has 1 aliphatic rings. The van der Waals surface area contributed by atoms with Gasteiger partial charge in [0, 0.05) is 24.7 Å². The maximum Gasteiger partial charge on any atom is 0.231 e. The van der Waals surface area contributed by atoms with Crippen molar-refractivity contribution in [1.82, 2.24) is 10.2 Å². The number of rotatable bonds is 5. The van der Waals surface area contributed by atoms with Crippen molar-refractivity contribution in [2.24, 2.45) is 5.92 Å². The normalized spacial score (nSPS) is 19.7. The van der Waals surface area contributed by atoms with E-state index in [4.69, 9.17) is 4.74 Å². The highest BCUT2D eigenvalue weighted by Crippen LogP contribution is 2.48. The van der Waals surface area contributed by atoms with Crippen LogP contribution in [0.2, 0.25) is 0 Å². The number of carbonyl (C=O) groups is 1. The number of hydrogen-bond acceptors (Lipinski definition) is 3. The van der Waals surface area contributed by atoms with E-state index < -0.39 is 0 Å². The molecule has 0 spiro atoms. The number of aromatic nitrogens is 2. The molecule has 3 rings (SSSR count). The highest BCUT2D eigenvalue weighted by molar-refractivity contribution is 5.96. The van der Waals surface area contributed by atoms with E-state index in [1.807, 2.05) is 30.3 Å². The molecule has 2 atom stereocenters. The van der Waals surface area contributed by atoms with Crippen LogP contribution in [0.4, 0.5) is 5.82 Å². The summed E-state index contributed by atoms with van der Waals surface area (Å²) in [6.45, 7) is 4.19. The number of anilines is 1. The van der Waals surface area contributed by atoms with Crippen LogP contribution >= 0.6 is 0 Å². The largest absolute Gasteiger partial charge is 0.497 e. The summed E-state index contributed by atoms with van der Waals surface area (Å²) >= 11 is 0. The van der Waals surface area contributed by atoms with Gasteiger partial charge in [-0.2, -0.15) is 5.10 Å². The fourth-order valence-corrected chi connectivity index (χ4v) is 2.84. The highest BCUT2D eigenvalue weighted by Gasteiger charge is 2.45. The van der Waals surface area contributed by atoms with Crippen molar-refractivity contribution in [3.8, 4) is 5.75 Å². The lowest BCUT2D eigenvalue weighted by molar-refractivity contribution is -0.119. The van der Waals surface area contributed by atoms with Crippen molar-refractivity contribution in [2.75, 3.05) is 19.1 Å². The van der Waals surface area contributed by atoms with E-state index >= 15 is 0 Å². The molecular weight excluding hydrogens is 290 g/mol. The molecule has 1 aromatic carbocycles. The van der Waals surface area contributed by atoms with Crippen LogP contribution in [0.25, 0.3) is 0 Å². The molecule has 1 aliphatic carbocycles. The lowest BCUT2D eigenvalue weighted by Crippen LogP contribution is -2.28. The van der Waals surface area contributed by atoms with Crippen molar-refractivity contribution >= 4 is 11.7 Å². The fraction of sp³-hybridized carbons (Fsp3) is 0.444. The number of methoxy groups -OCH3 is 1. The molecule has 0 saturated heterocycles. The summed E-state index contributed by atoms with van der Waals surface area (Å²) in [7, 11) is 3.45. The van der Waals surface area contributed by atoms with Crippen LogP contribution in [0.1, 0.15) is 43.4 Å². The first-order valence-corrected chi connectivity index (χ1v) is 7.98. The molecule has 122 valence electrons. The molecular formula is C18H23N3O2. The highest BCUT2D eigenvalue weighted by atomic mass is 16.5. The summed E-state index contributed by atoms with van der Waals surface area (Å²) in [6, 6.07) is 9.93. The molecule has 23 heavy (non-hydrogen) atoms. The Hall–Kier alpha value is -2.30. The molecule has 0 aliphatic heterocycles. The zero-order chi connectivity index (χ0) is 16.6. The SMILES string of the molecule is COc1ccc(C2CC2C(=O)N(C)c2cc(C(C)C)[nH]n2)cc1. The Bertz CT molecular complexity index is 691. The standard InChI is InChI=1S/C18H23N3O2/c1-11(2)16-10-17(20-19-16)21(3)18(22)15-9-14(15)12-5-7-13(23-4)8-6-12/h5-8,10-11,14-15H,9H2,1-4H3,(H,19,20). The monoisotopic (exact) mass is 313 g/mol. The number of hydrogen-bond donors (Lipinski definition) is 1. The van der Waals surface area contributed by atoms with E-state index in [0.717, 1.165) is 17.9 Å². The zero-order valence-corrected chi connectivity index (χ0v) is 14.0. The maximum atomic E-state index is 12.6. The first-order chi connectivity index (χ1) is 11.0. The third-order valence-corrected chi connectivity index (χ3v) is 4.53. The molecule has 2 aromatic rings. The molecule has 1 N–H and O–H groups in total. The summed E-state index contributed by atoms with van der Waals surface area (Å²) in [5, 5.41) is 7.25. The Morgan fingerprint density at radius 1 is 1.35 bits per heavy atom. The Morgan fingerprint density at radius 3 is 2.61 bits per heavy atom. The van der Waals surface area contributed by atoms with E-state index in [0.29, 0.717) is 17.7 Å². The number of carbonyl (C=O) groups excluding carboxylic acids is 1. The predicted octanol–water partition coefficient (Wildman–Crippen LogP) is 3.31. The molecule has 5 nitrogen and oxygen atoms in total. The van der Waals surface area contributed by atoms with Crippen LogP contribution in [-0.4, -0.2) is 30.3 Å². The number of nitrogens with one attached hydrogen (secondary N) is 1. The van der Waals surface area contributed by atoms with Crippen molar-refractivity contribution in [2.45, 2.75) is 32.1 Å². The predicted molar refractivity (Wildman–Crippen MR) is 89.9 cm³/mol. The fourth-order valence-electron chi connectivity index (χ4n) is 2.84. The Kier molecular flexibility index (Phi) is 4.11. The number of ether oxygens (including phenoxy) is 1. The summed E-state index contributed by atoms with van der Waals surface area (Å²) in [4.78, 5) is 14.3. The molecule has 1 aromatic heterocycles. The quantitative estimate of drug-likeness (QED) is 0.921. The topological polar surface area (TPSA) is 58.2 Å². The van der Waals surface area contributed by atoms with Gasteiger partial charge in [-0.1, -0.05) is 26.0 Å². The van der Waals surface area contributed by atoms with Crippen LogP contribution in [0, 0.1) is 5.92 Å². The number of benzene rings is 1. The minimum Gasteiger partial charge on any atom is -0.497 e. The van der Waals surface area contributed by atoms with E-state index in [9.17, 15) is 4.79 Å². The average Bonchev–Trinajstić information content (AvgIpc) is 3.20. The third-order valence-electron chi connectivity index (χ3n) is 4.53. The van der Waals surface area contributed by atoms with Gasteiger partial charge in [0.2, 0.25) is 5.91 Å². The first kappa shape index (κ1) is 15.6. The molecule has 2 unspecified atom stereocenters. The van der Waals surface area contributed by atoms with Crippen LogP contribution in [0.3, 0.4) is 0 Å². The van der Waals surface area contributed by atoms with Gasteiger partial charge in [0.1, 0.15) is 5.75 Å². The molecule has 1 amide bonds. The number of aromatic amines is 1. The van der Waals surface area contributed by atoms with Gasteiger partial charge in [-0.3, -0.25) is 14.8 Å². The maximum absolute atomic E-state index is 12.6. The van der Waals surface area contributed by atoms with Gasteiger partial charge >= 0.3 is 0 Å². The number of amides is 1. The van der Waals surface area contributed by atoms with Gasteiger partial charge < -0.3 is 4.74 Å². The van der Waals surface area contributed by atoms with Gasteiger partial charge in [-0.05, 0) is 36.0 Å². The smallest absolute Gasteiger partial charge is 0.231 e. The van der Waals surface area contributed by atoms with E-state index in [1.165, 1.54) is 5.56 Å². The summed E-state index contributed by atoms with van der Waals surface area (Å²) in [5.41, 5.74) is 2.24. The zero-order valence-electron chi connectivity index (χ0n) is 14.0. The van der Waals surface area contributed by atoms with Crippen molar-refractivity contribution in [3.63, 3.8) is 0 Å². The lowest BCUT2D eigenvalue weighted by Gasteiger charge is -2.14. The average molecular weight is 313 g/mol. The summed E-state index contributed by atoms with van der Waals surface area (Å²) in [5.74, 6) is 2.39. The first-order valence-electron chi connectivity index (χ1n) is 7.98. The van der Waals surface area contributed by atoms with Crippen molar-refractivity contribution in [1.29, 1.82) is 0 Å². The molecule has 1 saturated carbocycles. The van der Waals surface area contributed by atoms with Crippen LogP contribution in [-0.2, 0) is 4.79 Å². The van der Waals surface area contributed by atoms with Crippen LogP contribution < -0.4 is 9.64 Å². The Labute approximate surface area is 136 Å². The minimum atomic E-state index is 0.0487. The Balaban J connectivity index is 1.66. The molecule has 0 radical (unpaired) electrons. The Morgan fingerprint density at radius 2 is 2.04 bits per heavy atom. The van der Waals surface area contributed by atoms with E-state index in [-0.39, 0.29) is 11.8 Å². The lowest BCUT2D eigenvalue weighted by atomic mass is 10.1. The molecule has 1 heterocycles. The van der Waals surface area contributed by atoms with Gasteiger partial charge in [-0.25, -0.2) is 0 Å².